The summed E-state index contributed by atoms with van der Waals surface area (Å²) in [4.78, 5) is 11.0. The van der Waals surface area contributed by atoms with Crippen molar-refractivity contribution in [3.63, 3.8) is 0 Å². The molecular formula is C14H22N4O2S. The normalized spacial score (nSPS) is 19.9. The molecule has 1 aliphatic heterocycles. The smallest absolute Gasteiger partial charge is 0.225 e. The Morgan fingerprint density at radius 1 is 1.24 bits per heavy atom. The number of aromatic nitrogens is 2. The number of aryl methyl sites for hydroxylation is 2. The van der Waals surface area contributed by atoms with E-state index in [0.29, 0.717) is 12.5 Å². The van der Waals surface area contributed by atoms with E-state index in [9.17, 15) is 8.42 Å². The predicted molar refractivity (Wildman–Crippen MR) is 81.8 cm³/mol. The number of nitrogens with zero attached hydrogens (tertiary/aromatic N) is 4. The second kappa shape index (κ2) is 5.21. The average molecular weight is 310 g/mol. The van der Waals surface area contributed by atoms with Gasteiger partial charge in [-0.2, -0.15) is 0 Å². The molecule has 0 spiro atoms. The largest absolute Gasteiger partial charge is 0.340 e. The zero-order valence-electron chi connectivity index (χ0n) is 12.8. The summed E-state index contributed by atoms with van der Waals surface area (Å²) in [5.74, 6) is 1.13. The number of anilines is 1. The molecule has 3 rings (SSSR count). The van der Waals surface area contributed by atoms with Crippen LogP contribution in [0.3, 0.4) is 0 Å². The monoisotopic (exact) mass is 310 g/mol. The van der Waals surface area contributed by atoms with Gasteiger partial charge in [0.05, 0.1) is 5.25 Å². The van der Waals surface area contributed by atoms with Gasteiger partial charge in [-0.1, -0.05) is 0 Å². The molecule has 7 heteroatoms. The average Bonchev–Trinajstić information content (AvgIpc) is 3.15. The highest BCUT2D eigenvalue weighted by Gasteiger charge is 2.40. The van der Waals surface area contributed by atoms with Crippen LogP contribution in [0.4, 0.5) is 5.95 Å². The summed E-state index contributed by atoms with van der Waals surface area (Å²) in [5.41, 5.74) is 1.93. The van der Waals surface area contributed by atoms with Crippen molar-refractivity contribution in [3.8, 4) is 0 Å². The summed E-state index contributed by atoms with van der Waals surface area (Å²) in [5, 5.41) is -0.124. The maximum atomic E-state index is 12.1. The maximum Gasteiger partial charge on any atom is 0.225 e. The van der Waals surface area contributed by atoms with Crippen LogP contribution in [-0.4, -0.2) is 54.6 Å². The Kier molecular flexibility index (Phi) is 3.65. The van der Waals surface area contributed by atoms with Crippen molar-refractivity contribution in [2.24, 2.45) is 5.92 Å². The molecule has 0 amide bonds. The predicted octanol–water partition coefficient (Wildman–Crippen LogP) is 0.954. The molecule has 1 aliphatic carbocycles. The minimum atomic E-state index is -3.05. The maximum absolute atomic E-state index is 12.1. The standard InChI is InChI=1S/C14H22N4O2S/c1-10-6-11(2)16-14(15-10)18-8-12(9-18)7-17(3)21(19,20)13-4-5-13/h6,12-13H,4-5,7-9H2,1-3H3. The molecule has 0 unspecified atom stereocenters. The zero-order chi connectivity index (χ0) is 15.2. The number of hydrogen-bond donors (Lipinski definition) is 0. The van der Waals surface area contributed by atoms with Crippen LogP contribution < -0.4 is 4.90 Å². The summed E-state index contributed by atoms with van der Waals surface area (Å²) in [7, 11) is -1.35. The van der Waals surface area contributed by atoms with E-state index in [1.165, 1.54) is 4.31 Å². The number of hydrogen-bond acceptors (Lipinski definition) is 5. The minimum Gasteiger partial charge on any atom is -0.340 e. The first kappa shape index (κ1) is 14.7. The highest BCUT2D eigenvalue weighted by molar-refractivity contribution is 7.90. The van der Waals surface area contributed by atoms with Crippen molar-refractivity contribution in [3.05, 3.63) is 17.5 Å². The second-order valence-electron chi connectivity index (χ2n) is 6.25. The van der Waals surface area contributed by atoms with Crippen LogP contribution in [0.5, 0.6) is 0 Å². The lowest BCUT2D eigenvalue weighted by Crippen LogP contribution is -2.52. The van der Waals surface area contributed by atoms with E-state index in [1.54, 1.807) is 7.05 Å². The quantitative estimate of drug-likeness (QED) is 0.810. The fourth-order valence-corrected chi connectivity index (χ4v) is 4.44. The third-order valence-electron chi connectivity index (χ3n) is 4.11. The molecule has 0 N–H and O–H groups in total. The molecule has 0 atom stereocenters. The lowest BCUT2D eigenvalue weighted by Gasteiger charge is -2.40. The van der Waals surface area contributed by atoms with Gasteiger partial charge in [-0.25, -0.2) is 22.7 Å². The topological polar surface area (TPSA) is 66.4 Å². The fraction of sp³-hybridized carbons (Fsp3) is 0.714. The van der Waals surface area contributed by atoms with Crippen molar-refractivity contribution in [1.29, 1.82) is 0 Å². The Bertz CT molecular complexity index is 616. The molecule has 1 saturated carbocycles. The van der Waals surface area contributed by atoms with Crippen LogP contribution in [0.1, 0.15) is 24.2 Å². The van der Waals surface area contributed by atoms with Gasteiger partial charge in [-0.3, -0.25) is 0 Å². The van der Waals surface area contributed by atoms with E-state index >= 15 is 0 Å². The van der Waals surface area contributed by atoms with E-state index < -0.39 is 10.0 Å². The second-order valence-corrected chi connectivity index (χ2v) is 8.57. The third-order valence-corrected chi connectivity index (χ3v) is 6.44. The van der Waals surface area contributed by atoms with Gasteiger partial charge in [0.1, 0.15) is 0 Å². The van der Waals surface area contributed by atoms with E-state index in [-0.39, 0.29) is 5.25 Å². The third kappa shape index (κ3) is 3.03. The summed E-state index contributed by atoms with van der Waals surface area (Å²) in [6.45, 7) is 6.18. The van der Waals surface area contributed by atoms with Gasteiger partial charge in [0, 0.05) is 44.0 Å². The van der Waals surface area contributed by atoms with Crippen LogP contribution in [-0.2, 0) is 10.0 Å². The van der Waals surface area contributed by atoms with Crippen molar-refractivity contribution < 1.29 is 8.42 Å². The van der Waals surface area contributed by atoms with Gasteiger partial charge >= 0.3 is 0 Å². The highest BCUT2D eigenvalue weighted by Crippen LogP contribution is 2.31. The first-order chi connectivity index (χ1) is 9.86. The van der Waals surface area contributed by atoms with Gasteiger partial charge < -0.3 is 4.90 Å². The van der Waals surface area contributed by atoms with E-state index in [2.05, 4.69) is 14.9 Å². The molecule has 0 radical (unpaired) electrons. The number of sulfonamides is 1. The van der Waals surface area contributed by atoms with Gasteiger partial charge in [0.2, 0.25) is 16.0 Å². The summed E-state index contributed by atoms with van der Waals surface area (Å²) in [6.07, 6.45) is 1.64. The molecule has 1 saturated heterocycles. The van der Waals surface area contributed by atoms with Crippen molar-refractivity contribution in [2.45, 2.75) is 31.9 Å². The highest BCUT2D eigenvalue weighted by atomic mass is 32.2. The van der Waals surface area contributed by atoms with Crippen molar-refractivity contribution in [1.82, 2.24) is 14.3 Å². The van der Waals surface area contributed by atoms with Crippen LogP contribution >= 0.6 is 0 Å². The molecule has 2 heterocycles. The lowest BCUT2D eigenvalue weighted by molar-refractivity contribution is 0.323. The lowest BCUT2D eigenvalue weighted by atomic mass is 10.0. The fourth-order valence-electron chi connectivity index (χ4n) is 2.79. The van der Waals surface area contributed by atoms with Crippen LogP contribution in [0.15, 0.2) is 6.07 Å². The summed E-state index contributed by atoms with van der Waals surface area (Å²) >= 11 is 0. The summed E-state index contributed by atoms with van der Waals surface area (Å²) < 4.78 is 25.7. The van der Waals surface area contributed by atoms with Crippen LogP contribution in [0, 0.1) is 19.8 Å². The van der Waals surface area contributed by atoms with Gasteiger partial charge in [-0.05, 0) is 32.8 Å². The minimum absolute atomic E-state index is 0.124. The Hall–Kier alpha value is -1.21. The molecule has 116 valence electrons. The number of rotatable bonds is 5. The van der Waals surface area contributed by atoms with Crippen LogP contribution in [0.2, 0.25) is 0 Å². The molecule has 1 aromatic rings. The molecule has 2 aliphatic rings. The van der Waals surface area contributed by atoms with E-state index in [1.807, 2.05) is 19.9 Å². The SMILES string of the molecule is Cc1cc(C)nc(N2CC(CN(C)S(=O)(=O)C3CC3)C2)n1. The Morgan fingerprint density at radius 2 is 1.81 bits per heavy atom. The molecule has 0 aromatic carbocycles. The Morgan fingerprint density at radius 3 is 2.33 bits per heavy atom. The van der Waals surface area contributed by atoms with Crippen molar-refractivity contribution >= 4 is 16.0 Å². The first-order valence-electron chi connectivity index (χ1n) is 7.38. The molecule has 2 fully saturated rings. The Balaban J connectivity index is 1.56. The van der Waals surface area contributed by atoms with Crippen LogP contribution in [0.25, 0.3) is 0 Å². The zero-order valence-corrected chi connectivity index (χ0v) is 13.6. The molecule has 6 nitrogen and oxygen atoms in total. The van der Waals surface area contributed by atoms with E-state index in [0.717, 1.165) is 43.3 Å². The Labute approximate surface area is 126 Å². The first-order valence-corrected chi connectivity index (χ1v) is 8.89. The van der Waals surface area contributed by atoms with Gasteiger partial charge in [0.15, 0.2) is 0 Å². The molecular weight excluding hydrogens is 288 g/mol. The molecule has 0 bridgehead atoms. The van der Waals surface area contributed by atoms with Gasteiger partial charge in [0.25, 0.3) is 0 Å². The van der Waals surface area contributed by atoms with Gasteiger partial charge in [-0.15, -0.1) is 0 Å². The van der Waals surface area contributed by atoms with Crippen molar-refractivity contribution in [2.75, 3.05) is 31.6 Å². The molecule has 1 aromatic heterocycles. The molecule has 21 heavy (non-hydrogen) atoms. The van der Waals surface area contributed by atoms with E-state index in [4.69, 9.17) is 0 Å². The summed E-state index contributed by atoms with van der Waals surface area (Å²) in [6, 6.07) is 1.96.